The Bertz CT molecular complexity index is 203. The maximum atomic E-state index is 11.9. The van der Waals surface area contributed by atoms with Gasteiger partial charge in [0.05, 0.1) is 5.56 Å². The van der Waals surface area contributed by atoms with Gasteiger partial charge in [-0.25, -0.2) is 0 Å². The van der Waals surface area contributed by atoms with Gasteiger partial charge < -0.3 is 0 Å². The lowest BCUT2D eigenvalue weighted by Gasteiger charge is -2.04. The summed E-state index contributed by atoms with van der Waals surface area (Å²) in [6.45, 7) is 0. The van der Waals surface area contributed by atoms with Crippen molar-refractivity contribution in [1.82, 2.24) is 0 Å². The molecule has 0 aliphatic carbocycles. The first-order valence-electron chi connectivity index (χ1n) is 2.74. The molecule has 1 rings (SSSR count). The van der Waals surface area contributed by atoms with E-state index in [1.54, 1.807) is 6.07 Å². The Morgan fingerprint density at radius 1 is 1.10 bits per heavy atom. The summed E-state index contributed by atoms with van der Waals surface area (Å²) in [6, 6.07) is 6.59. The standard InChI is InChI=1S/C7H5F2O/c8-7(9,10)6-4-2-1-3-5-6/h1-5H. The third-order valence-corrected chi connectivity index (χ3v) is 1.11. The summed E-state index contributed by atoms with van der Waals surface area (Å²) in [6.07, 6.45) is -3.96. The lowest BCUT2D eigenvalue weighted by molar-refractivity contribution is -0.252. The average Bonchev–Trinajstić information content (AvgIpc) is 1.88. The van der Waals surface area contributed by atoms with Crippen LogP contribution in [0.2, 0.25) is 0 Å². The molecule has 1 nitrogen and oxygen atoms in total. The molecule has 0 amide bonds. The molecule has 10 heavy (non-hydrogen) atoms. The van der Waals surface area contributed by atoms with Gasteiger partial charge in [-0.3, -0.25) is 0 Å². The van der Waals surface area contributed by atoms with Crippen LogP contribution in [0.3, 0.4) is 0 Å². The van der Waals surface area contributed by atoms with E-state index in [1.165, 1.54) is 12.1 Å². The molecule has 1 aromatic rings. The third kappa shape index (κ3) is 1.51. The quantitative estimate of drug-likeness (QED) is 0.574. The molecule has 0 fully saturated rings. The largest absolute Gasteiger partial charge is 0.408 e. The molecular weight excluding hydrogens is 138 g/mol. The zero-order valence-corrected chi connectivity index (χ0v) is 5.05. The normalized spacial score (nSPS) is 11.5. The monoisotopic (exact) mass is 143 g/mol. The number of halogens is 2. The van der Waals surface area contributed by atoms with E-state index in [9.17, 15) is 13.9 Å². The summed E-state index contributed by atoms with van der Waals surface area (Å²) in [5, 5.41) is 9.97. The molecule has 1 aromatic carbocycles. The Hall–Kier alpha value is -0.960. The predicted octanol–water partition coefficient (Wildman–Crippen LogP) is 2.17. The van der Waals surface area contributed by atoms with Crippen molar-refractivity contribution in [3.05, 3.63) is 35.9 Å². The maximum Gasteiger partial charge on any atom is 0.408 e. The van der Waals surface area contributed by atoms with Crippen molar-refractivity contribution in [3.63, 3.8) is 0 Å². The van der Waals surface area contributed by atoms with Gasteiger partial charge in [-0.1, -0.05) is 30.3 Å². The second kappa shape index (κ2) is 2.34. The fourth-order valence-corrected chi connectivity index (χ4v) is 0.632. The van der Waals surface area contributed by atoms with Gasteiger partial charge in [0.25, 0.3) is 0 Å². The summed E-state index contributed by atoms with van der Waals surface area (Å²) < 4.78 is 23.8. The van der Waals surface area contributed by atoms with Crippen molar-refractivity contribution in [2.24, 2.45) is 0 Å². The van der Waals surface area contributed by atoms with Gasteiger partial charge in [0, 0.05) is 0 Å². The molecule has 0 heterocycles. The van der Waals surface area contributed by atoms with E-state index >= 15 is 0 Å². The highest BCUT2D eigenvalue weighted by atomic mass is 19.3. The molecule has 0 aliphatic rings. The lowest BCUT2D eigenvalue weighted by atomic mass is 10.2. The summed E-state index contributed by atoms with van der Waals surface area (Å²) in [5.41, 5.74) is -0.491. The van der Waals surface area contributed by atoms with E-state index in [4.69, 9.17) is 0 Å². The van der Waals surface area contributed by atoms with Gasteiger partial charge in [-0.15, -0.1) is 0 Å². The van der Waals surface area contributed by atoms with Crippen molar-refractivity contribution in [1.29, 1.82) is 0 Å². The van der Waals surface area contributed by atoms with Crippen LogP contribution >= 0.6 is 0 Å². The highest BCUT2D eigenvalue weighted by Crippen LogP contribution is 2.23. The first kappa shape index (κ1) is 7.15. The summed E-state index contributed by atoms with van der Waals surface area (Å²) in [7, 11) is 0. The Morgan fingerprint density at radius 2 is 1.60 bits per heavy atom. The summed E-state index contributed by atoms with van der Waals surface area (Å²) in [4.78, 5) is 0. The Morgan fingerprint density at radius 3 is 1.90 bits per heavy atom. The van der Waals surface area contributed by atoms with Crippen molar-refractivity contribution in [3.8, 4) is 0 Å². The summed E-state index contributed by atoms with van der Waals surface area (Å²) >= 11 is 0. The number of benzene rings is 1. The van der Waals surface area contributed by atoms with E-state index < -0.39 is 11.7 Å². The highest BCUT2D eigenvalue weighted by molar-refractivity contribution is 5.17. The van der Waals surface area contributed by atoms with E-state index in [1.807, 2.05) is 0 Å². The van der Waals surface area contributed by atoms with E-state index in [0.29, 0.717) is 0 Å². The molecule has 0 unspecified atom stereocenters. The molecule has 1 radical (unpaired) electrons. The van der Waals surface area contributed by atoms with Crippen molar-refractivity contribution in [2.45, 2.75) is 6.11 Å². The zero-order valence-electron chi connectivity index (χ0n) is 5.05. The van der Waals surface area contributed by atoms with Crippen LogP contribution in [-0.4, -0.2) is 0 Å². The van der Waals surface area contributed by atoms with Crippen LogP contribution in [0.4, 0.5) is 8.78 Å². The second-order valence-electron chi connectivity index (χ2n) is 1.88. The zero-order chi connectivity index (χ0) is 7.61. The Kier molecular flexibility index (Phi) is 1.68. The Labute approximate surface area is 56.9 Å². The fourth-order valence-electron chi connectivity index (χ4n) is 0.632. The van der Waals surface area contributed by atoms with Crippen LogP contribution in [0, 0.1) is 0 Å². The molecule has 0 N–H and O–H groups in total. The molecule has 0 saturated heterocycles. The first-order chi connectivity index (χ1) is 4.61. The van der Waals surface area contributed by atoms with Crippen LogP contribution in [-0.2, 0) is 11.2 Å². The molecular formula is C7H5F2O. The SMILES string of the molecule is [O]C(F)(F)c1ccccc1. The van der Waals surface area contributed by atoms with Gasteiger partial charge in [0.2, 0.25) is 0 Å². The molecule has 0 atom stereocenters. The van der Waals surface area contributed by atoms with Crippen LogP contribution in [0.15, 0.2) is 30.3 Å². The van der Waals surface area contributed by atoms with Crippen LogP contribution in [0.1, 0.15) is 5.56 Å². The van der Waals surface area contributed by atoms with Crippen molar-refractivity contribution in [2.75, 3.05) is 0 Å². The Balaban J connectivity index is 2.97. The second-order valence-corrected chi connectivity index (χ2v) is 1.88. The lowest BCUT2D eigenvalue weighted by Crippen LogP contribution is -2.08. The molecule has 0 bridgehead atoms. The molecule has 0 aliphatic heterocycles. The number of hydrogen-bond acceptors (Lipinski definition) is 0. The highest BCUT2D eigenvalue weighted by Gasteiger charge is 2.29. The van der Waals surface area contributed by atoms with Gasteiger partial charge in [0.15, 0.2) is 0 Å². The molecule has 0 saturated carbocycles. The van der Waals surface area contributed by atoms with Gasteiger partial charge in [-0.2, -0.15) is 13.9 Å². The van der Waals surface area contributed by atoms with Crippen molar-refractivity contribution < 1.29 is 13.9 Å². The average molecular weight is 143 g/mol. The van der Waals surface area contributed by atoms with Gasteiger partial charge >= 0.3 is 6.11 Å². The summed E-state index contributed by atoms with van der Waals surface area (Å²) in [5.74, 6) is 0. The fraction of sp³-hybridized carbons (Fsp3) is 0.143. The van der Waals surface area contributed by atoms with E-state index in [0.717, 1.165) is 12.1 Å². The molecule has 53 valence electrons. The molecule has 0 spiro atoms. The van der Waals surface area contributed by atoms with Crippen LogP contribution in [0.5, 0.6) is 0 Å². The van der Waals surface area contributed by atoms with E-state index in [-0.39, 0.29) is 0 Å². The van der Waals surface area contributed by atoms with E-state index in [2.05, 4.69) is 0 Å². The van der Waals surface area contributed by atoms with Gasteiger partial charge in [0.1, 0.15) is 0 Å². The number of rotatable bonds is 1. The minimum atomic E-state index is -3.96. The van der Waals surface area contributed by atoms with Crippen LogP contribution < -0.4 is 0 Å². The minimum absolute atomic E-state index is 0.491. The first-order valence-corrected chi connectivity index (χ1v) is 2.74. The maximum absolute atomic E-state index is 11.9. The number of alkyl halides is 2. The topological polar surface area (TPSA) is 19.9 Å². The van der Waals surface area contributed by atoms with Gasteiger partial charge in [-0.05, 0) is 0 Å². The third-order valence-electron chi connectivity index (χ3n) is 1.11. The smallest absolute Gasteiger partial charge is 0.168 e. The molecule has 0 aromatic heterocycles. The van der Waals surface area contributed by atoms with Crippen molar-refractivity contribution >= 4 is 0 Å². The molecule has 3 heteroatoms. The van der Waals surface area contributed by atoms with Crippen LogP contribution in [0.25, 0.3) is 0 Å². The predicted molar refractivity (Wildman–Crippen MR) is 31.0 cm³/mol. The number of hydrogen-bond donors (Lipinski definition) is 0. The minimum Gasteiger partial charge on any atom is -0.168 e.